The molecule has 0 spiro atoms. The second-order valence-electron chi connectivity index (χ2n) is 7.76. The van der Waals surface area contributed by atoms with Crippen molar-refractivity contribution < 1.29 is 23.1 Å². The van der Waals surface area contributed by atoms with Crippen molar-refractivity contribution in [2.45, 2.75) is 6.04 Å². The summed E-state index contributed by atoms with van der Waals surface area (Å²) in [6.07, 6.45) is 2.82. The molecule has 2 heterocycles. The van der Waals surface area contributed by atoms with Crippen LogP contribution in [0.5, 0.6) is 0 Å². The molecule has 1 amide bonds. The molecular weight excluding hydrogens is 432 g/mol. The molecule has 1 fully saturated rings. The first kappa shape index (κ1) is 22.0. The number of amides is 1. The van der Waals surface area contributed by atoms with E-state index in [1.54, 1.807) is 53.6 Å². The molecule has 168 valence electrons. The molecule has 4 rings (SSSR count). The number of aromatic nitrogens is 1. The quantitative estimate of drug-likeness (QED) is 0.522. The number of nitrogens with zero attached hydrogens (tertiary/aromatic N) is 2. The van der Waals surface area contributed by atoms with Gasteiger partial charge in [0.1, 0.15) is 6.04 Å². The molecule has 3 N–H and O–H groups in total. The van der Waals surface area contributed by atoms with Crippen LogP contribution in [0.1, 0.15) is 22.0 Å². The minimum absolute atomic E-state index is 0.239. The van der Waals surface area contributed by atoms with Gasteiger partial charge in [-0.2, -0.15) is 4.31 Å². The number of hydrogen-bond donors (Lipinski definition) is 3. The van der Waals surface area contributed by atoms with Gasteiger partial charge in [0, 0.05) is 60.1 Å². The number of carboxylic acids is 1. The lowest BCUT2D eigenvalue weighted by atomic mass is 10.0. The molecule has 0 saturated carbocycles. The van der Waals surface area contributed by atoms with E-state index in [9.17, 15) is 23.1 Å². The van der Waals surface area contributed by atoms with E-state index in [-0.39, 0.29) is 19.0 Å². The summed E-state index contributed by atoms with van der Waals surface area (Å²) < 4.78 is 24.9. The van der Waals surface area contributed by atoms with Gasteiger partial charge < -0.3 is 15.4 Å². The molecule has 9 nitrogen and oxygen atoms in total. The van der Waals surface area contributed by atoms with Gasteiger partial charge in [-0.15, -0.1) is 0 Å². The summed E-state index contributed by atoms with van der Waals surface area (Å²) in [5, 5.41) is 13.5. The van der Waals surface area contributed by atoms with Gasteiger partial charge in [-0.1, -0.05) is 18.2 Å². The number of anilines is 1. The predicted octanol–water partition coefficient (Wildman–Crippen LogP) is 2.12. The molecular formula is C22H24N4O5S. The average molecular weight is 457 g/mol. The summed E-state index contributed by atoms with van der Waals surface area (Å²) in [6.45, 7) is 1.09. The monoisotopic (exact) mass is 456 g/mol. The maximum absolute atomic E-state index is 12.5. The lowest BCUT2D eigenvalue weighted by Gasteiger charge is -2.36. The first-order chi connectivity index (χ1) is 15.2. The van der Waals surface area contributed by atoms with Crippen molar-refractivity contribution in [2.75, 3.05) is 37.8 Å². The van der Waals surface area contributed by atoms with Crippen LogP contribution >= 0.6 is 0 Å². The molecule has 1 atom stereocenters. The standard InChI is InChI=1S/C22H24N4O5S/c1-32(30,31)26-11-9-25(10-12-26)20(22(28)29)18-14-23-19-8-7-16(13-17(18)19)24-21(27)15-5-3-2-4-6-15/h2-8,13-14,20,23H,9-12H2,1H3,(H,24,27)(H,28,29)/t20-/m0/s1. The second-order valence-corrected chi connectivity index (χ2v) is 9.75. The van der Waals surface area contributed by atoms with Gasteiger partial charge in [0.05, 0.1) is 6.26 Å². The van der Waals surface area contributed by atoms with Gasteiger partial charge in [-0.05, 0) is 30.3 Å². The van der Waals surface area contributed by atoms with Crippen molar-refractivity contribution in [3.8, 4) is 0 Å². The molecule has 2 aromatic carbocycles. The van der Waals surface area contributed by atoms with E-state index in [0.29, 0.717) is 35.3 Å². The predicted molar refractivity (Wildman–Crippen MR) is 121 cm³/mol. The third-order valence-corrected chi connectivity index (χ3v) is 6.95. The van der Waals surface area contributed by atoms with Gasteiger partial charge >= 0.3 is 5.97 Å². The smallest absolute Gasteiger partial charge is 0.325 e. The number of fused-ring (bicyclic) bond motifs is 1. The maximum atomic E-state index is 12.5. The van der Waals surface area contributed by atoms with Crippen molar-refractivity contribution in [1.82, 2.24) is 14.2 Å². The Bertz CT molecular complexity index is 1250. The van der Waals surface area contributed by atoms with Crippen LogP contribution in [-0.2, 0) is 14.8 Å². The third-order valence-electron chi connectivity index (χ3n) is 5.64. The first-order valence-electron chi connectivity index (χ1n) is 10.1. The number of aliphatic carboxylic acids is 1. The largest absolute Gasteiger partial charge is 0.480 e. The highest BCUT2D eigenvalue weighted by Crippen LogP contribution is 2.31. The summed E-state index contributed by atoms with van der Waals surface area (Å²) in [6, 6.07) is 13.2. The van der Waals surface area contributed by atoms with E-state index in [4.69, 9.17) is 0 Å². The number of carbonyl (C=O) groups is 2. The van der Waals surface area contributed by atoms with E-state index in [0.717, 1.165) is 11.8 Å². The highest BCUT2D eigenvalue weighted by atomic mass is 32.2. The number of carboxylic acid groups (broad SMARTS) is 1. The van der Waals surface area contributed by atoms with Crippen LogP contribution in [0.2, 0.25) is 0 Å². The van der Waals surface area contributed by atoms with Crippen molar-refractivity contribution in [3.05, 3.63) is 65.9 Å². The normalized spacial score (nSPS) is 16.7. The van der Waals surface area contributed by atoms with Crippen molar-refractivity contribution >= 4 is 38.5 Å². The van der Waals surface area contributed by atoms with Gasteiger partial charge in [-0.25, -0.2) is 8.42 Å². The Kier molecular flexibility index (Phi) is 6.00. The van der Waals surface area contributed by atoms with Crippen LogP contribution in [0, 0.1) is 0 Å². The molecule has 1 aromatic heterocycles. The summed E-state index contributed by atoms with van der Waals surface area (Å²) in [4.78, 5) is 29.6. The number of piperazine rings is 1. The molecule has 0 unspecified atom stereocenters. The Morgan fingerprint density at radius 3 is 2.38 bits per heavy atom. The number of nitrogens with one attached hydrogen (secondary N) is 2. The number of H-pyrrole nitrogens is 1. The highest BCUT2D eigenvalue weighted by molar-refractivity contribution is 7.88. The van der Waals surface area contributed by atoms with Crippen molar-refractivity contribution in [1.29, 1.82) is 0 Å². The van der Waals surface area contributed by atoms with Gasteiger partial charge in [-0.3, -0.25) is 14.5 Å². The minimum atomic E-state index is -3.31. The summed E-state index contributed by atoms with van der Waals surface area (Å²) in [5.41, 5.74) is 2.39. The Morgan fingerprint density at radius 1 is 1.06 bits per heavy atom. The number of hydrogen-bond acceptors (Lipinski definition) is 5. The van der Waals surface area contributed by atoms with E-state index >= 15 is 0 Å². The number of rotatable bonds is 6. The van der Waals surface area contributed by atoms with E-state index < -0.39 is 22.0 Å². The Morgan fingerprint density at radius 2 is 1.75 bits per heavy atom. The molecule has 1 aliphatic heterocycles. The van der Waals surface area contributed by atoms with Crippen molar-refractivity contribution in [3.63, 3.8) is 0 Å². The Labute approximate surface area is 185 Å². The number of aromatic amines is 1. The summed E-state index contributed by atoms with van der Waals surface area (Å²) >= 11 is 0. The molecule has 0 aliphatic carbocycles. The fourth-order valence-corrected chi connectivity index (χ4v) is 4.84. The summed E-state index contributed by atoms with van der Waals surface area (Å²) in [7, 11) is -3.31. The molecule has 3 aromatic rings. The van der Waals surface area contributed by atoms with Gasteiger partial charge in [0.2, 0.25) is 10.0 Å². The molecule has 32 heavy (non-hydrogen) atoms. The van der Waals surface area contributed by atoms with E-state index in [1.165, 1.54) is 4.31 Å². The van der Waals surface area contributed by atoms with Crippen molar-refractivity contribution in [2.24, 2.45) is 0 Å². The fraction of sp³-hybridized carbons (Fsp3) is 0.273. The first-order valence-corrected chi connectivity index (χ1v) is 12.0. The van der Waals surface area contributed by atoms with Gasteiger partial charge in [0.25, 0.3) is 5.91 Å². The Balaban J connectivity index is 1.60. The van der Waals surface area contributed by atoms with Crippen LogP contribution < -0.4 is 5.32 Å². The lowest BCUT2D eigenvalue weighted by Crippen LogP contribution is -2.50. The van der Waals surface area contributed by atoms with E-state index in [2.05, 4.69) is 10.3 Å². The van der Waals surface area contributed by atoms with Crippen LogP contribution in [0.4, 0.5) is 5.69 Å². The zero-order valence-electron chi connectivity index (χ0n) is 17.5. The summed E-state index contributed by atoms with van der Waals surface area (Å²) in [5.74, 6) is -1.27. The van der Waals surface area contributed by atoms with Crippen LogP contribution in [0.3, 0.4) is 0 Å². The highest BCUT2D eigenvalue weighted by Gasteiger charge is 2.34. The second kappa shape index (κ2) is 8.73. The minimum Gasteiger partial charge on any atom is -0.480 e. The third kappa shape index (κ3) is 4.52. The maximum Gasteiger partial charge on any atom is 0.325 e. The molecule has 0 radical (unpaired) electrons. The fourth-order valence-electron chi connectivity index (χ4n) is 4.02. The molecule has 10 heteroatoms. The Hall–Kier alpha value is -3.21. The molecule has 1 saturated heterocycles. The number of carbonyl (C=O) groups excluding carboxylic acids is 1. The average Bonchev–Trinajstić information content (AvgIpc) is 3.17. The lowest BCUT2D eigenvalue weighted by molar-refractivity contribution is -0.144. The van der Waals surface area contributed by atoms with Crippen LogP contribution in [0.15, 0.2) is 54.7 Å². The van der Waals surface area contributed by atoms with Crippen LogP contribution in [0.25, 0.3) is 10.9 Å². The van der Waals surface area contributed by atoms with E-state index in [1.807, 2.05) is 6.07 Å². The topological polar surface area (TPSA) is 123 Å². The number of benzene rings is 2. The molecule has 0 bridgehead atoms. The number of sulfonamides is 1. The van der Waals surface area contributed by atoms with Gasteiger partial charge in [0.15, 0.2) is 0 Å². The molecule has 1 aliphatic rings. The zero-order chi connectivity index (χ0) is 22.9. The zero-order valence-corrected chi connectivity index (χ0v) is 18.3. The SMILES string of the molecule is CS(=O)(=O)N1CCN([C@H](C(=O)O)c2c[nH]c3ccc(NC(=O)c4ccccc4)cc23)CC1. The van der Waals surface area contributed by atoms with Crippen LogP contribution in [-0.4, -0.2) is 72.0 Å².